The van der Waals surface area contributed by atoms with Gasteiger partial charge in [-0.15, -0.1) is 0 Å². The van der Waals surface area contributed by atoms with E-state index in [0.29, 0.717) is 31.5 Å². The molecule has 0 spiro atoms. The molecule has 126 valence electrons. The van der Waals surface area contributed by atoms with Gasteiger partial charge in [0.15, 0.2) is 0 Å². The van der Waals surface area contributed by atoms with Crippen molar-refractivity contribution in [1.82, 2.24) is 15.1 Å². The van der Waals surface area contributed by atoms with Gasteiger partial charge in [0.1, 0.15) is 0 Å². The third kappa shape index (κ3) is 4.45. The zero-order valence-corrected chi connectivity index (χ0v) is 14.3. The molecule has 1 saturated heterocycles. The van der Waals surface area contributed by atoms with E-state index in [9.17, 15) is 9.59 Å². The van der Waals surface area contributed by atoms with Crippen LogP contribution in [0.2, 0.25) is 0 Å². The molecule has 1 saturated carbocycles. The van der Waals surface area contributed by atoms with Gasteiger partial charge in [-0.25, -0.2) is 0 Å². The summed E-state index contributed by atoms with van der Waals surface area (Å²) in [5.41, 5.74) is 0. The maximum atomic E-state index is 12.4. The third-order valence-electron chi connectivity index (χ3n) is 5.37. The number of carbonyl (C=O) groups excluding carboxylic acids is 2. The molecule has 1 heterocycles. The monoisotopic (exact) mass is 309 g/mol. The summed E-state index contributed by atoms with van der Waals surface area (Å²) in [7, 11) is 6.01. The largest absolute Gasteiger partial charge is 0.354 e. The number of amides is 2. The molecule has 2 amide bonds. The van der Waals surface area contributed by atoms with Gasteiger partial charge in [-0.2, -0.15) is 0 Å². The van der Waals surface area contributed by atoms with E-state index in [1.54, 1.807) is 4.90 Å². The van der Waals surface area contributed by atoms with Gasteiger partial charge in [0.2, 0.25) is 11.8 Å². The molecule has 2 rings (SSSR count). The van der Waals surface area contributed by atoms with E-state index < -0.39 is 0 Å². The summed E-state index contributed by atoms with van der Waals surface area (Å²) in [6.07, 6.45) is 7.65. The van der Waals surface area contributed by atoms with Gasteiger partial charge in [-0.3, -0.25) is 9.59 Å². The van der Waals surface area contributed by atoms with Crippen molar-refractivity contribution in [2.75, 3.05) is 34.2 Å². The van der Waals surface area contributed by atoms with Gasteiger partial charge in [-0.05, 0) is 39.3 Å². The topological polar surface area (TPSA) is 52.7 Å². The Balaban J connectivity index is 1.83. The summed E-state index contributed by atoms with van der Waals surface area (Å²) >= 11 is 0. The Morgan fingerprint density at radius 2 is 1.95 bits per heavy atom. The number of nitrogens with one attached hydrogen (secondary N) is 1. The minimum atomic E-state index is -0.141. The van der Waals surface area contributed by atoms with Gasteiger partial charge in [-0.1, -0.05) is 19.3 Å². The van der Waals surface area contributed by atoms with Crippen molar-refractivity contribution in [2.45, 2.75) is 51.0 Å². The van der Waals surface area contributed by atoms with E-state index in [1.165, 1.54) is 32.1 Å². The van der Waals surface area contributed by atoms with Gasteiger partial charge in [0, 0.05) is 38.5 Å². The molecule has 22 heavy (non-hydrogen) atoms. The molecule has 0 unspecified atom stereocenters. The summed E-state index contributed by atoms with van der Waals surface area (Å²) in [6.45, 7) is 1.40. The summed E-state index contributed by atoms with van der Waals surface area (Å²) < 4.78 is 0. The molecule has 0 aromatic heterocycles. The van der Waals surface area contributed by atoms with Crippen LogP contribution < -0.4 is 5.32 Å². The second kappa shape index (κ2) is 7.95. The van der Waals surface area contributed by atoms with Crippen molar-refractivity contribution in [3.05, 3.63) is 0 Å². The fraction of sp³-hybridized carbons (Fsp3) is 0.882. The SMILES string of the molecule is CN1CC[C@@H](C(=O)NC[C@@H](C2CCCCC2)N(C)C)CC1=O. The third-order valence-corrected chi connectivity index (χ3v) is 5.37. The van der Waals surface area contributed by atoms with Crippen LogP contribution in [0.3, 0.4) is 0 Å². The van der Waals surface area contributed by atoms with Crippen molar-refractivity contribution in [3.8, 4) is 0 Å². The quantitative estimate of drug-likeness (QED) is 0.837. The Hall–Kier alpha value is -1.10. The highest BCUT2D eigenvalue weighted by Gasteiger charge is 2.30. The predicted molar refractivity (Wildman–Crippen MR) is 87.4 cm³/mol. The van der Waals surface area contributed by atoms with E-state index in [2.05, 4.69) is 24.3 Å². The smallest absolute Gasteiger partial charge is 0.223 e. The Labute approximate surface area is 134 Å². The summed E-state index contributed by atoms with van der Waals surface area (Å²) in [5, 5.41) is 3.12. The van der Waals surface area contributed by atoms with Crippen molar-refractivity contribution >= 4 is 11.8 Å². The van der Waals surface area contributed by atoms with Crippen LogP contribution in [0.15, 0.2) is 0 Å². The minimum absolute atomic E-state index is 0.0594. The van der Waals surface area contributed by atoms with Crippen LogP contribution in [0.25, 0.3) is 0 Å². The van der Waals surface area contributed by atoms with Gasteiger partial charge < -0.3 is 15.1 Å². The van der Waals surface area contributed by atoms with Crippen LogP contribution in [-0.2, 0) is 9.59 Å². The molecular weight excluding hydrogens is 278 g/mol. The first-order valence-corrected chi connectivity index (χ1v) is 8.67. The second-order valence-corrected chi connectivity index (χ2v) is 7.18. The number of nitrogens with zero attached hydrogens (tertiary/aromatic N) is 2. The van der Waals surface area contributed by atoms with Gasteiger partial charge in [0.25, 0.3) is 0 Å². The molecule has 2 fully saturated rings. The fourth-order valence-corrected chi connectivity index (χ4v) is 3.81. The average molecular weight is 309 g/mol. The maximum absolute atomic E-state index is 12.4. The maximum Gasteiger partial charge on any atom is 0.223 e. The summed E-state index contributed by atoms with van der Waals surface area (Å²) in [6, 6.07) is 0.409. The highest BCUT2D eigenvalue weighted by Crippen LogP contribution is 2.28. The summed E-state index contributed by atoms with van der Waals surface area (Å²) in [4.78, 5) is 28.1. The van der Waals surface area contributed by atoms with Crippen LogP contribution in [-0.4, -0.2) is 61.9 Å². The lowest BCUT2D eigenvalue weighted by molar-refractivity contribution is -0.139. The fourth-order valence-electron chi connectivity index (χ4n) is 3.81. The highest BCUT2D eigenvalue weighted by molar-refractivity contribution is 5.86. The Kier molecular flexibility index (Phi) is 6.24. The number of likely N-dealkylation sites (N-methyl/N-ethyl adjacent to an activating group) is 1. The number of hydrogen-bond acceptors (Lipinski definition) is 3. The second-order valence-electron chi connectivity index (χ2n) is 7.18. The molecule has 0 radical (unpaired) electrons. The molecule has 2 aliphatic rings. The number of carbonyl (C=O) groups is 2. The van der Waals surface area contributed by atoms with Crippen LogP contribution in [0.4, 0.5) is 0 Å². The van der Waals surface area contributed by atoms with Crippen molar-refractivity contribution in [3.63, 3.8) is 0 Å². The van der Waals surface area contributed by atoms with Crippen molar-refractivity contribution in [1.29, 1.82) is 0 Å². The zero-order valence-electron chi connectivity index (χ0n) is 14.3. The van der Waals surface area contributed by atoms with E-state index >= 15 is 0 Å². The minimum Gasteiger partial charge on any atom is -0.354 e. The Morgan fingerprint density at radius 1 is 1.27 bits per heavy atom. The number of piperidine rings is 1. The zero-order chi connectivity index (χ0) is 16.1. The first-order chi connectivity index (χ1) is 10.5. The lowest BCUT2D eigenvalue weighted by atomic mass is 9.83. The first-order valence-electron chi connectivity index (χ1n) is 8.67. The van der Waals surface area contributed by atoms with E-state index in [0.717, 1.165) is 6.42 Å². The van der Waals surface area contributed by atoms with Gasteiger partial charge in [0.05, 0.1) is 0 Å². The number of likely N-dealkylation sites (tertiary alicyclic amines) is 1. The van der Waals surface area contributed by atoms with Gasteiger partial charge >= 0.3 is 0 Å². The van der Waals surface area contributed by atoms with E-state index in [-0.39, 0.29) is 17.7 Å². The molecule has 1 N–H and O–H groups in total. The lowest BCUT2D eigenvalue weighted by Crippen LogP contribution is -2.48. The number of hydrogen-bond donors (Lipinski definition) is 1. The van der Waals surface area contributed by atoms with Crippen LogP contribution in [0.5, 0.6) is 0 Å². The molecule has 0 aromatic carbocycles. The van der Waals surface area contributed by atoms with Crippen LogP contribution in [0, 0.1) is 11.8 Å². The molecule has 1 aliphatic carbocycles. The average Bonchev–Trinajstić information content (AvgIpc) is 2.50. The van der Waals surface area contributed by atoms with Crippen molar-refractivity contribution in [2.24, 2.45) is 11.8 Å². The normalized spacial score (nSPS) is 25.4. The molecule has 0 bridgehead atoms. The molecule has 1 aliphatic heterocycles. The molecule has 5 heteroatoms. The Morgan fingerprint density at radius 3 is 2.55 bits per heavy atom. The van der Waals surface area contributed by atoms with Crippen molar-refractivity contribution < 1.29 is 9.59 Å². The predicted octanol–water partition coefficient (Wildman–Crippen LogP) is 1.48. The highest BCUT2D eigenvalue weighted by atomic mass is 16.2. The number of rotatable bonds is 5. The first kappa shape index (κ1) is 17.3. The molecule has 0 aromatic rings. The van der Waals surface area contributed by atoms with Crippen LogP contribution >= 0.6 is 0 Å². The summed E-state index contributed by atoms with van der Waals surface area (Å²) in [5.74, 6) is 0.688. The van der Waals surface area contributed by atoms with E-state index in [4.69, 9.17) is 0 Å². The lowest BCUT2D eigenvalue weighted by Gasteiger charge is -2.35. The molecule has 2 atom stereocenters. The molecule has 5 nitrogen and oxygen atoms in total. The Bertz CT molecular complexity index is 391. The molecular formula is C17H31N3O2. The van der Waals surface area contributed by atoms with E-state index in [1.807, 2.05) is 7.05 Å². The van der Waals surface area contributed by atoms with Crippen LogP contribution in [0.1, 0.15) is 44.9 Å². The standard InChI is InChI=1S/C17H31N3O2/c1-19(2)15(13-7-5-4-6-8-13)12-18-17(22)14-9-10-20(3)16(21)11-14/h13-15H,4-12H2,1-3H3,(H,18,22)/t14-,15+/m1/s1.